The molecule has 0 bridgehead atoms. The van der Waals surface area contributed by atoms with E-state index in [1.807, 2.05) is 56.3 Å². The monoisotopic (exact) mass is 377 g/mol. The highest BCUT2D eigenvalue weighted by Gasteiger charge is 2.29. The molecule has 4 nitrogen and oxygen atoms in total. The van der Waals surface area contributed by atoms with Crippen LogP contribution >= 0.6 is 15.9 Å². The van der Waals surface area contributed by atoms with E-state index in [0.717, 1.165) is 27.1 Å². The van der Waals surface area contributed by atoms with Crippen molar-refractivity contribution in [1.29, 1.82) is 0 Å². The van der Waals surface area contributed by atoms with E-state index in [2.05, 4.69) is 21.2 Å². The van der Waals surface area contributed by atoms with Crippen LogP contribution in [-0.4, -0.2) is 17.4 Å². The number of hydrogen-bond acceptors (Lipinski definition) is 4. The molecule has 1 heterocycles. The van der Waals surface area contributed by atoms with Crippen molar-refractivity contribution in [3.8, 4) is 11.5 Å². The lowest BCUT2D eigenvalue weighted by molar-refractivity contribution is 0.0791. The van der Waals surface area contributed by atoms with Gasteiger partial charge in [-0.15, -0.1) is 0 Å². The normalized spacial score (nSPS) is 14.8. The van der Waals surface area contributed by atoms with Gasteiger partial charge < -0.3 is 19.9 Å². The number of benzene rings is 2. The molecule has 0 spiro atoms. The van der Waals surface area contributed by atoms with E-state index < -0.39 is 11.6 Å². The molecule has 1 unspecified atom stereocenters. The van der Waals surface area contributed by atoms with Gasteiger partial charge in [-0.1, -0.05) is 46.3 Å². The zero-order chi connectivity index (χ0) is 16.4. The summed E-state index contributed by atoms with van der Waals surface area (Å²) in [5.41, 5.74) is 1.48. The largest absolute Gasteiger partial charge is 0.454 e. The zero-order valence-electron chi connectivity index (χ0n) is 13.2. The number of ether oxygens (including phenoxy) is 2. The molecule has 0 amide bonds. The maximum Gasteiger partial charge on any atom is 0.231 e. The van der Waals surface area contributed by atoms with E-state index >= 15 is 0 Å². The third-order valence-electron chi connectivity index (χ3n) is 4.07. The number of rotatable bonds is 5. The van der Waals surface area contributed by atoms with Gasteiger partial charge in [-0.25, -0.2) is 0 Å². The van der Waals surface area contributed by atoms with Crippen molar-refractivity contribution in [2.75, 3.05) is 6.79 Å². The summed E-state index contributed by atoms with van der Waals surface area (Å²) in [6.45, 7) is 4.85. The highest BCUT2D eigenvalue weighted by Crippen LogP contribution is 2.37. The van der Waals surface area contributed by atoms with Gasteiger partial charge in [-0.3, -0.25) is 0 Å². The van der Waals surface area contributed by atoms with Crippen molar-refractivity contribution < 1.29 is 14.6 Å². The number of nitrogens with one attached hydrogen (secondary N) is 1. The summed E-state index contributed by atoms with van der Waals surface area (Å²) in [4.78, 5) is 0. The van der Waals surface area contributed by atoms with Gasteiger partial charge in [0.15, 0.2) is 11.5 Å². The molecule has 0 saturated carbocycles. The average Bonchev–Trinajstić information content (AvgIpc) is 2.99. The maximum atomic E-state index is 10.6. The molecule has 23 heavy (non-hydrogen) atoms. The molecule has 0 fully saturated rings. The second-order valence-corrected chi connectivity index (χ2v) is 7.04. The zero-order valence-corrected chi connectivity index (χ0v) is 14.8. The first-order chi connectivity index (χ1) is 11.0. The molecule has 2 N–H and O–H groups in total. The Morgan fingerprint density at radius 2 is 1.83 bits per heavy atom. The first-order valence-electron chi connectivity index (χ1n) is 7.53. The van der Waals surface area contributed by atoms with Crippen LogP contribution in [0.4, 0.5) is 0 Å². The van der Waals surface area contributed by atoms with Crippen molar-refractivity contribution in [3.63, 3.8) is 0 Å². The smallest absolute Gasteiger partial charge is 0.231 e. The van der Waals surface area contributed by atoms with Crippen LogP contribution in [0.3, 0.4) is 0 Å². The summed E-state index contributed by atoms with van der Waals surface area (Å²) in [7, 11) is 0. The van der Waals surface area contributed by atoms with Crippen LogP contribution in [0.2, 0.25) is 0 Å². The Bertz CT molecular complexity index is 688. The van der Waals surface area contributed by atoms with E-state index in [1.165, 1.54) is 0 Å². The Morgan fingerprint density at radius 1 is 1.17 bits per heavy atom. The van der Waals surface area contributed by atoms with E-state index in [9.17, 15) is 5.11 Å². The summed E-state index contributed by atoms with van der Waals surface area (Å²) in [6.07, 6.45) is -0.600. The Morgan fingerprint density at radius 3 is 2.52 bits per heavy atom. The quantitative estimate of drug-likeness (QED) is 0.832. The minimum atomic E-state index is -0.600. The van der Waals surface area contributed by atoms with Crippen molar-refractivity contribution in [3.05, 3.63) is 58.1 Å². The molecule has 0 aliphatic carbocycles. The molecule has 0 saturated heterocycles. The Hall–Kier alpha value is -1.56. The lowest BCUT2D eigenvalue weighted by atomic mass is 9.91. The molecule has 1 aliphatic heterocycles. The van der Waals surface area contributed by atoms with Crippen molar-refractivity contribution >= 4 is 15.9 Å². The van der Waals surface area contributed by atoms with Gasteiger partial charge in [-0.05, 0) is 37.1 Å². The lowest BCUT2D eigenvalue weighted by Crippen LogP contribution is -2.44. The van der Waals surface area contributed by atoms with Gasteiger partial charge in [0.05, 0.1) is 6.10 Å². The van der Waals surface area contributed by atoms with Gasteiger partial charge in [0.1, 0.15) is 0 Å². The molecule has 1 atom stereocenters. The van der Waals surface area contributed by atoms with E-state index in [0.29, 0.717) is 6.54 Å². The molecule has 122 valence electrons. The number of aliphatic hydroxyl groups is 1. The van der Waals surface area contributed by atoms with Gasteiger partial charge in [0.2, 0.25) is 6.79 Å². The predicted octanol–water partition coefficient (Wildman–Crippen LogP) is 3.78. The van der Waals surface area contributed by atoms with E-state index in [4.69, 9.17) is 9.47 Å². The van der Waals surface area contributed by atoms with Crippen LogP contribution in [0.1, 0.15) is 31.1 Å². The molecule has 0 aromatic heterocycles. The lowest BCUT2D eigenvalue weighted by Gasteiger charge is -2.32. The fourth-order valence-electron chi connectivity index (χ4n) is 2.57. The van der Waals surface area contributed by atoms with Crippen molar-refractivity contribution in [2.24, 2.45) is 0 Å². The Kier molecular flexibility index (Phi) is 4.62. The topological polar surface area (TPSA) is 50.7 Å². The molecule has 5 heteroatoms. The van der Waals surface area contributed by atoms with Gasteiger partial charge in [0.25, 0.3) is 0 Å². The summed E-state index contributed by atoms with van der Waals surface area (Å²) < 4.78 is 11.7. The SMILES string of the molecule is CC(C)(NCc1cc2c(cc1Br)OCO2)C(O)c1ccccc1. The van der Waals surface area contributed by atoms with Crippen molar-refractivity contribution in [2.45, 2.75) is 32.0 Å². The van der Waals surface area contributed by atoms with Crippen molar-refractivity contribution in [1.82, 2.24) is 5.32 Å². The third kappa shape index (κ3) is 3.52. The molecule has 1 aliphatic rings. The van der Waals surface area contributed by atoms with Crippen LogP contribution in [0.15, 0.2) is 46.9 Å². The van der Waals surface area contributed by atoms with E-state index in [-0.39, 0.29) is 6.79 Å². The highest BCUT2D eigenvalue weighted by atomic mass is 79.9. The Labute approximate surface area is 144 Å². The number of fused-ring (bicyclic) bond motifs is 1. The van der Waals surface area contributed by atoms with Gasteiger partial charge >= 0.3 is 0 Å². The second kappa shape index (κ2) is 6.51. The minimum Gasteiger partial charge on any atom is -0.454 e. The fraction of sp³-hybridized carbons (Fsp3) is 0.333. The first kappa shape index (κ1) is 16.3. The number of aliphatic hydroxyl groups excluding tert-OH is 1. The fourth-order valence-corrected chi connectivity index (χ4v) is 3.03. The van der Waals surface area contributed by atoms with Crippen LogP contribution < -0.4 is 14.8 Å². The third-order valence-corrected chi connectivity index (χ3v) is 4.81. The van der Waals surface area contributed by atoms with Gasteiger partial charge in [0, 0.05) is 16.6 Å². The molecule has 0 radical (unpaired) electrons. The predicted molar refractivity (Wildman–Crippen MR) is 92.6 cm³/mol. The Balaban J connectivity index is 1.72. The average molecular weight is 378 g/mol. The second-order valence-electron chi connectivity index (χ2n) is 6.19. The molecule has 3 rings (SSSR count). The molecule has 2 aromatic rings. The standard InChI is InChI=1S/C18H20BrNO3/c1-18(2,17(21)12-6-4-3-5-7-12)20-10-13-8-15-16(9-14(13)19)23-11-22-15/h3-9,17,20-21H,10-11H2,1-2H3. The summed E-state index contributed by atoms with van der Waals surface area (Å²) >= 11 is 3.56. The van der Waals surface area contributed by atoms with Crippen LogP contribution in [-0.2, 0) is 6.54 Å². The summed E-state index contributed by atoms with van der Waals surface area (Å²) in [5, 5.41) is 14.1. The minimum absolute atomic E-state index is 0.261. The van der Waals surface area contributed by atoms with Crippen LogP contribution in [0.25, 0.3) is 0 Å². The van der Waals surface area contributed by atoms with Gasteiger partial charge in [-0.2, -0.15) is 0 Å². The maximum absolute atomic E-state index is 10.6. The highest BCUT2D eigenvalue weighted by molar-refractivity contribution is 9.10. The van der Waals surface area contributed by atoms with E-state index in [1.54, 1.807) is 0 Å². The molecule has 2 aromatic carbocycles. The van der Waals surface area contributed by atoms with Crippen LogP contribution in [0.5, 0.6) is 11.5 Å². The molecular weight excluding hydrogens is 358 g/mol. The summed E-state index contributed by atoms with van der Waals surface area (Å²) in [5.74, 6) is 1.51. The number of hydrogen-bond donors (Lipinski definition) is 2. The molecular formula is C18H20BrNO3. The summed E-state index contributed by atoms with van der Waals surface area (Å²) in [6, 6.07) is 13.6. The van der Waals surface area contributed by atoms with Crippen LogP contribution in [0, 0.1) is 0 Å². The number of halogens is 1. The first-order valence-corrected chi connectivity index (χ1v) is 8.33.